The number of tetrazole rings is 1. The molecular formula is C25H26N6O3S. The molecule has 180 valence electrons. The maximum Gasteiger partial charge on any atom is 0.252 e. The number of hydrogen-bond donors (Lipinski definition) is 1. The van der Waals surface area contributed by atoms with Gasteiger partial charge in [0.15, 0.2) is 5.82 Å². The number of fused-ring (bicyclic) bond motifs is 1. The molecular weight excluding hydrogens is 464 g/mol. The molecule has 4 aromatic heterocycles. The highest BCUT2D eigenvalue weighted by molar-refractivity contribution is 7.09. The summed E-state index contributed by atoms with van der Waals surface area (Å²) in [4.78, 5) is 19.5. The van der Waals surface area contributed by atoms with Crippen molar-refractivity contribution in [2.24, 2.45) is 0 Å². The third kappa shape index (κ3) is 5.03. The molecule has 9 nitrogen and oxygen atoms in total. The second-order valence-electron chi connectivity index (χ2n) is 8.26. The Labute approximate surface area is 206 Å². The molecule has 0 unspecified atom stereocenters. The summed E-state index contributed by atoms with van der Waals surface area (Å²) in [5.41, 5.74) is 1.34. The van der Waals surface area contributed by atoms with Gasteiger partial charge in [0.1, 0.15) is 18.1 Å². The van der Waals surface area contributed by atoms with Gasteiger partial charge in [-0.15, -0.1) is 16.4 Å². The molecule has 1 atom stereocenters. The Morgan fingerprint density at radius 2 is 2.11 bits per heavy atom. The van der Waals surface area contributed by atoms with E-state index < -0.39 is 0 Å². The Hall–Kier alpha value is -3.76. The number of methoxy groups -OCH3 is 1. The fourth-order valence-electron chi connectivity index (χ4n) is 4.29. The first kappa shape index (κ1) is 23.0. The van der Waals surface area contributed by atoms with E-state index in [1.54, 1.807) is 29.4 Å². The SMILES string of the molecule is CC[C@H](c1nnnn1Cc1ccco1)N(Cc1cccs1)Cc1cc2cc(OC)ccc2[nH]c1=O. The van der Waals surface area contributed by atoms with Crippen LogP contribution in [-0.2, 0) is 19.6 Å². The fourth-order valence-corrected chi connectivity index (χ4v) is 5.02. The van der Waals surface area contributed by atoms with Gasteiger partial charge in [0.25, 0.3) is 5.56 Å². The predicted octanol–water partition coefficient (Wildman–Crippen LogP) is 4.38. The van der Waals surface area contributed by atoms with Crippen LogP contribution in [0, 0.1) is 0 Å². The van der Waals surface area contributed by atoms with Crippen LogP contribution in [0.4, 0.5) is 0 Å². The van der Waals surface area contributed by atoms with Crippen molar-refractivity contribution >= 4 is 22.2 Å². The second-order valence-corrected chi connectivity index (χ2v) is 9.29. The van der Waals surface area contributed by atoms with Gasteiger partial charge in [0, 0.05) is 34.4 Å². The molecule has 0 spiro atoms. The summed E-state index contributed by atoms with van der Waals surface area (Å²) in [5.74, 6) is 2.26. The van der Waals surface area contributed by atoms with Gasteiger partial charge in [-0.25, -0.2) is 4.68 Å². The van der Waals surface area contributed by atoms with Crippen molar-refractivity contribution < 1.29 is 9.15 Å². The minimum absolute atomic E-state index is 0.108. The standard InChI is InChI=1S/C25H26N6O3S/c1-3-23(24-27-28-29-31(24)15-20-6-4-10-34-20)30(16-21-7-5-11-35-21)14-18-12-17-13-19(33-2)8-9-22(17)26-25(18)32/h4-13,23H,3,14-16H2,1-2H3,(H,26,32)/t23-/m1/s1. The molecule has 0 bridgehead atoms. The van der Waals surface area contributed by atoms with Crippen molar-refractivity contribution in [3.8, 4) is 5.75 Å². The summed E-state index contributed by atoms with van der Waals surface area (Å²) in [5, 5.41) is 15.5. The van der Waals surface area contributed by atoms with Crippen molar-refractivity contribution in [2.75, 3.05) is 7.11 Å². The predicted molar refractivity (Wildman–Crippen MR) is 133 cm³/mol. The van der Waals surface area contributed by atoms with Crippen LogP contribution in [0.1, 0.15) is 41.4 Å². The number of H-pyrrole nitrogens is 1. The van der Waals surface area contributed by atoms with Crippen LogP contribution in [-0.4, -0.2) is 37.2 Å². The van der Waals surface area contributed by atoms with Crippen molar-refractivity contribution in [3.63, 3.8) is 0 Å². The third-order valence-electron chi connectivity index (χ3n) is 6.01. The van der Waals surface area contributed by atoms with Gasteiger partial charge in [-0.1, -0.05) is 13.0 Å². The number of furan rings is 1. The molecule has 0 fully saturated rings. The average molecular weight is 491 g/mol. The first-order chi connectivity index (χ1) is 17.1. The number of thiophene rings is 1. The maximum absolute atomic E-state index is 13.0. The summed E-state index contributed by atoms with van der Waals surface area (Å²) in [6.07, 6.45) is 2.41. The van der Waals surface area contributed by atoms with Crippen LogP contribution in [0.25, 0.3) is 10.9 Å². The molecule has 0 aliphatic rings. The lowest BCUT2D eigenvalue weighted by molar-refractivity contribution is 0.162. The summed E-state index contributed by atoms with van der Waals surface area (Å²) < 4.78 is 12.6. The van der Waals surface area contributed by atoms with Crippen LogP contribution in [0.2, 0.25) is 0 Å². The van der Waals surface area contributed by atoms with Gasteiger partial charge in [0.2, 0.25) is 0 Å². The highest BCUT2D eigenvalue weighted by Gasteiger charge is 2.26. The molecule has 35 heavy (non-hydrogen) atoms. The van der Waals surface area contributed by atoms with Crippen molar-refractivity contribution in [2.45, 2.75) is 39.0 Å². The summed E-state index contributed by atoms with van der Waals surface area (Å²) >= 11 is 1.69. The zero-order valence-corrected chi connectivity index (χ0v) is 20.4. The lowest BCUT2D eigenvalue weighted by atomic mass is 10.1. The molecule has 10 heteroatoms. The molecule has 1 aromatic carbocycles. The minimum atomic E-state index is -0.109. The van der Waals surface area contributed by atoms with Crippen LogP contribution >= 0.6 is 11.3 Å². The van der Waals surface area contributed by atoms with Crippen LogP contribution in [0.3, 0.4) is 0 Å². The van der Waals surface area contributed by atoms with Crippen molar-refractivity contribution in [1.82, 2.24) is 30.1 Å². The number of pyridine rings is 1. The molecule has 0 amide bonds. The molecule has 0 aliphatic heterocycles. The number of hydrogen-bond acceptors (Lipinski definition) is 8. The smallest absolute Gasteiger partial charge is 0.252 e. The maximum atomic E-state index is 13.0. The highest BCUT2D eigenvalue weighted by atomic mass is 32.1. The van der Waals surface area contributed by atoms with E-state index >= 15 is 0 Å². The number of ether oxygens (including phenoxy) is 1. The van der Waals surface area contributed by atoms with Crippen LogP contribution < -0.4 is 10.3 Å². The summed E-state index contributed by atoms with van der Waals surface area (Å²) in [6, 6.07) is 15.4. The highest BCUT2D eigenvalue weighted by Crippen LogP contribution is 2.28. The van der Waals surface area contributed by atoms with Gasteiger partial charge in [0.05, 0.1) is 19.4 Å². The molecule has 0 saturated carbocycles. The van der Waals surface area contributed by atoms with E-state index in [0.29, 0.717) is 25.2 Å². The largest absolute Gasteiger partial charge is 0.497 e. The van der Waals surface area contributed by atoms with Gasteiger partial charge in [-0.2, -0.15) is 0 Å². The Kier molecular flexibility index (Phi) is 6.73. The lowest BCUT2D eigenvalue weighted by Crippen LogP contribution is -2.32. The van der Waals surface area contributed by atoms with E-state index in [2.05, 4.69) is 43.8 Å². The lowest BCUT2D eigenvalue weighted by Gasteiger charge is -2.29. The van der Waals surface area contributed by atoms with E-state index in [1.165, 1.54) is 4.88 Å². The van der Waals surface area contributed by atoms with Crippen molar-refractivity contribution in [1.29, 1.82) is 0 Å². The Morgan fingerprint density at radius 1 is 1.20 bits per heavy atom. The monoisotopic (exact) mass is 490 g/mol. The molecule has 0 radical (unpaired) electrons. The molecule has 0 aliphatic carbocycles. The quantitative estimate of drug-likeness (QED) is 0.310. The number of aromatic amines is 1. The number of nitrogens with zero attached hydrogens (tertiary/aromatic N) is 5. The fraction of sp³-hybridized carbons (Fsp3) is 0.280. The number of rotatable bonds is 10. The Morgan fingerprint density at radius 3 is 2.86 bits per heavy atom. The van der Waals surface area contributed by atoms with E-state index in [0.717, 1.165) is 34.7 Å². The summed E-state index contributed by atoms with van der Waals surface area (Å²) in [6.45, 7) is 3.65. The van der Waals surface area contributed by atoms with E-state index in [9.17, 15) is 4.79 Å². The van der Waals surface area contributed by atoms with Crippen LogP contribution in [0.5, 0.6) is 5.75 Å². The normalized spacial score (nSPS) is 12.4. The van der Waals surface area contributed by atoms with E-state index in [-0.39, 0.29) is 11.6 Å². The zero-order chi connectivity index (χ0) is 24.2. The molecule has 4 heterocycles. The number of benzene rings is 1. The van der Waals surface area contributed by atoms with Gasteiger partial charge >= 0.3 is 0 Å². The molecule has 5 rings (SSSR count). The van der Waals surface area contributed by atoms with Crippen molar-refractivity contribution in [3.05, 3.63) is 92.6 Å². The Balaban J connectivity index is 1.51. The summed E-state index contributed by atoms with van der Waals surface area (Å²) in [7, 11) is 1.63. The number of aromatic nitrogens is 5. The van der Waals surface area contributed by atoms with Gasteiger partial charge in [-0.05, 0) is 64.7 Å². The average Bonchev–Trinajstić information content (AvgIpc) is 3.65. The Bertz CT molecular complexity index is 1440. The molecule has 1 N–H and O–H groups in total. The zero-order valence-electron chi connectivity index (χ0n) is 19.5. The first-order valence-electron chi connectivity index (χ1n) is 11.4. The van der Waals surface area contributed by atoms with Gasteiger partial charge in [-0.3, -0.25) is 9.69 Å². The van der Waals surface area contributed by atoms with E-state index in [1.807, 2.05) is 42.5 Å². The van der Waals surface area contributed by atoms with Crippen LogP contribution in [0.15, 0.2) is 69.4 Å². The second kappa shape index (κ2) is 10.2. The molecule has 0 saturated heterocycles. The topological polar surface area (TPSA) is 102 Å². The third-order valence-corrected chi connectivity index (χ3v) is 6.87. The van der Waals surface area contributed by atoms with Gasteiger partial charge < -0.3 is 14.1 Å². The first-order valence-corrected chi connectivity index (χ1v) is 12.3. The molecule has 5 aromatic rings. The number of nitrogens with one attached hydrogen (secondary N) is 1. The minimum Gasteiger partial charge on any atom is -0.497 e. The van der Waals surface area contributed by atoms with E-state index in [4.69, 9.17) is 9.15 Å².